The molecule has 0 aromatic rings. The monoisotopic (exact) mass is 470 g/mol. The van der Waals surface area contributed by atoms with Gasteiger partial charge in [-0.2, -0.15) is 0 Å². The summed E-state index contributed by atoms with van der Waals surface area (Å²) in [7, 11) is 0. The van der Waals surface area contributed by atoms with E-state index in [0.29, 0.717) is 13.2 Å². The van der Waals surface area contributed by atoms with Crippen molar-refractivity contribution in [3.63, 3.8) is 0 Å². The molecular formula is C26H50N2O5. The second-order valence-corrected chi connectivity index (χ2v) is 10.1. The number of nitrogens with one attached hydrogen (secondary N) is 2. The molecule has 2 amide bonds. The topological polar surface area (TPSA) is 78.1 Å². The van der Waals surface area contributed by atoms with Crippen LogP contribution in [-0.4, -0.2) is 55.6 Å². The highest BCUT2D eigenvalue weighted by atomic mass is 16.8. The molecule has 0 aromatic heterocycles. The summed E-state index contributed by atoms with van der Waals surface area (Å²) in [6, 6.07) is -0.397. The lowest BCUT2D eigenvalue weighted by Gasteiger charge is -2.27. The number of ether oxygens (including phenoxy) is 4. The first kappa shape index (κ1) is 28.3. The van der Waals surface area contributed by atoms with Crippen LogP contribution in [0, 0.1) is 0 Å². The van der Waals surface area contributed by atoms with Gasteiger partial charge in [0.05, 0.1) is 6.04 Å². The van der Waals surface area contributed by atoms with Crippen molar-refractivity contribution in [3.05, 3.63) is 0 Å². The Hall–Kier alpha value is -0.890. The third kappa shape index (κ3) is 10.1. The zero-order valence-electron chi connectivity index (χ0n) is 21.8. The van der Waals surface area contributed by atoms with Crippen LogP contribution in [0.5, 0.6) is 0 Å². The van der Waals surface area contributed by atoms with Crippen molar-refractivity contribution in [3.8, 4) is 0 Å². The lowest BCUT2D eigenvalue weighted by atomic mass is 10.1. The molecule has 0 saturated carbocycles. The quantitative estimate of drug-likeness (QED) is 0.268. The fourth-order valence-electron chi connectivity index (χ4n) is 4.64. The molecule has 7 heteroatoms. The fraction of sp³-hybridized carbons (Fsp3) is 0.962. The predicted molar refractivity (Wildman–Crippen MR) is 131 cm³/mol. The molecule has 2 fully saturated rings. The van der Waals surface area contributed by atoms with E-state index in [9.17, 15) is 4.79 Å². The molecule has 2 aliphatic heterocycles. The molecule has 194 valence electrons. The molecule has 0 aromatic carbocycles. The lowest BCUT2D eigenvalue weighted by molar-refractivity contribution is -0.235. The maximum Gasteiger partial charge on any atom is 0.315 e. The van der Waals surface area contributed by atoms with Gasteiger partial charge in [-0.25, -0.2) is 4.79 Å². The predicted octanol–water partition coefficient (Wildman–Crippen LogP) is 5.66. The molecule has 0 radical (unpaired) electrons. The molecular weight excluding hydrogens is 420 g/mol. The van der Waals surface area contributed by atoms with Crippen LogP contribution in [0.2, 0.25) is 0 Å². The standard InChI is InChI=1S/C26H50N2O5/c1-6-8-10-11-12-13-14-15-16-17-19-30-24-23-22(32-26(4,5)33-23)21(31-24)20(3)28-25(29)27-18-9-7-2/h20-24H,6-19H2,1-5H3,(H2,27,28,29)/t20-,21+,22-,23-,24-/m0/s1. The largest absolute Gasteiger partial charge is 0.350 e. The van der Waals surface area contributed by atoms with E-state index in [-0.39, 0.29) is 30.4 Å². The molecule has 5 atom stereocenters. The van der Waals surface area contributed by atoms with Gasteiger partial charge >= 0.3 is 6.03 Å². The van der Waals surface area contributed by atoms with E-state index in [1.807, 2.05) is 20.8 Å². The summed E-state index contributed by atoms with van der Waals surface area (Å²) in [5.41, 5.74) is 0. The number of hydrogen-bond acceptors (Lipinski definition) is 5. The normalized spacial score (nSPS) is 26.8. The van der Waals surface area contributed by atoms with Gasteiger partial charge in [0.15, 0.2) is 12.1 Å². The van der Waals surface area contributed by atoms with Gasteiger partial charge in [0.1, 0.15) is 18.3 Å². The van der Waals surface area contributed by atoms with Crippen LogP contribution in [0.3, 0.4) is 0 Å². The van der Waals surface area contributed by atoms with Gasteiger partial charge in [0.25, 0.3) is 0 Å². The van der Waals surface area contributed by atoms with E-state index in [0.717, 1.165) is 19.3 Å². The van der Waals surface area contributed by atoms with Gasteiger partial charge in [-0.05, 0) is 33.6 Å². The summed E-state index contributed by atoms with van der Waals surface area (Å²) >= 11 is 0. The van der Waals surface area contributed by atoms with Crippen molar-refractivity contribution in [2.75, 3.05) is 13.2 Å². The summed E-state index contributed by atoms with van der Waals surface area (Å²) < 4.78 is 24.5. The average Bonchev–Trinajstić information content (AvgIpc) is 3.25. The van der Waals surface area contributed by atoms with Gasteiger partial charge in [0, 0.05) is 13.2 Å². The number of unbranched alkanes of at least 4 members (excludes halogenated alkanes) is 10. The van der Waals surface area contributed by atoms with E-state index in [1.165, 1.54) is 57.8 Å². The minimum atomic E-state index is -0.681. The number of hydrogen-bond donors (Lipinski definition) is 2. The van der Waals surface area contributed by atoms with Crippen LogP contribution in [0.25, 0.3) is 0 Å². The van der Waals surface area contributed by atoms with Crippen molar-refractivity contribution in [2.24, 2.45) is 0 Å². The van der Waals surface area contributed by atoms with Gasteiger partial charge in [-0.3, -0.25) is 0 Å². The molecule has 0 spiro atoms. The van der Waals surface area contributed by atoms with Crippen LogP contribution in [-0.2, 0) is 18.9 Å². The molecule has 33 heavy (non-hydrogen) atoms. The highest BCUT2D eigenvalue weighted by Crippen LogP contribution is 2.40. The molecule has 0 unspecified atom stereocenters. The second-order valence-electron chi connectivity index (χ2n) is 10.1. The zero-order chi connectivity index (χ0) is 24.1. The minimum absolute atomic E-state index is 0.177. The molecule has 7 nitrogen and oxygen atoms in total. The fourth-order valence-corrected chi connectivity index (χ4v) is 4.64. The number of carbonyl (C=O) groups is 1. The molecule has 2 saturated heterocycles. The van der Waals surface area contributed by atoms with Crippen LogP contribution in [0.4, 0.5) is 4.79 Å². The highest BCUT2D eigenvalue weighted by Gasteiger charge is 2.57. The molecule has 0 aliphatic carbocycles. The Morgan fingerprint density at radius 2 is 1.45 bits per heavy atom. The Labute approximate surface area is 202 Å². The Balaban J connectivity index is 1.68. The molecule has 2 rings (SSSR count). The Bertz CT molecular complexity index is 545. The van der Waals surface area contributed by atoms with Crippen molar-refractivity contribution in [1.82, 2.24) is 10.6 Å². The first-order valence-electron chi connectivity index (χ1n) is 13.5. The van der Waals surface area contributed by atoms with Crippen molar-refractivity contribution >= 4 is 6.03 Å². The summed E-state index contributed by atoms with van der Waals surface area (Å²) in [6.45, 7) is 11.5. The van der Waals surface area contributed by atoms with E-state index in [4.69, 9.17) is 18.9 Å². The van der Waals surface area contributed by atoms with Crippen LogP contribution < -0.4 is 10.6 Å². The SMILES string of the molecule is CCCCCCCCCCCCO[C@H]1O[C@H]([C@H](C)NC(=O)NCCCC)[C@@H]2OC(C)(C)O[C@H]12. The summed E-state index contributed by atoms with van der Waals surface area (Å²) in [4.78, 5) is 12.2. The van der Waals surface area contributed by atoms with Gasteiger partial charge in [0.2, 0.25) is 0 Å². The zero-order valence-corrected chi connectivity index (χ0v) is 21.8. The van der Waals surface area contributed by atoms with Crippen LogP contribution in [0.15, 0.2) is 0 Å². The van der Waals surface area contributed by atoms with Crippen molar-refractivity contribution in [1.29, 1.82) is 0 Å². The van der Waals surface area contributed by atoms with Gasteiger partial charge < -0.3 is 29.6 Å². The molecule has 2 N–H and O–H groups in total. The van der Waals surface area contributed by atoms with E-state index >= 15 is 0 Å². The molecule has 2 heterocycles. The number of rotatable bonds is 17. The third-order valence-electron chi connectivity index (χ3n) is 6.49. The van der Waals surface area contributed by atoms with Gasteiger partial charge in [-0.15, -0.1) is 0 Å². The smallest absolute Gasteiger partial charge is 0.315 e. The first-order chi connectivity index (χ1) is 15.9. The van der Waals surface area contributed by atoms with E-state index in [2.05, 4.69) is 24.5 Å². The van der Waals surface area contributed by atoms with Crippen LogP contribution in [0.1, 0.15) is 112 Å². The summed E-state index contributed by atoms with van der Waals surface area (Å²) in [6.07, 6.45) is 13.6. The van der Waals surface area contributed by atoms with E-state index in [1.54, 1.807) is 0 Å². The number of carbonyl (C=O) groups excluding carboxylic acids is 1. The van der Waals surface area contributed by atoms with Crippen molar-refractivity contribution < 1.29 is 23.7 Å². The van der Waals surface area contributed by atoms with E-state index < -0.39 is 12.1 Å². The number of urea groups is 1. The first-order valence-corrected chi connectivity index (χ1v) is 13.5. The molecule has 0 bridgehead atoms. The Morgan fingerprint density at radius 3 is 2.09 bits per heavy atom. The Morgan fingerprint density at radius 1 is 0.879 bits per heavy atom. The maximum atomic E-state index is 12.2. The second kappa shape index (κ2) is 15.2. The number of fused-ring (bicyclic) bond motifs is 1. The lowest BCUT2D eigenvalue weighted by Crippen LogP contribution is -2.50. The summed E-state index contributed by atoms with van der Waals surface area (Å²) in [5, 5.41) is 5.88. The summed E-state index contributed by atoms with van der Waals surface area (Å²) in [5.74, 6) is -0.681. The molecule has 2 aliphatic rings. The van der Waals surface area contributed by atoms with Crippen molar-refractivity contribution in [2.45, 2.75) is 148 Å². The minimum Gasteiger partial charge on any atom is -0.350 e. The highest BCUT2D eigenvalue weighted by molar-refractivity contribution is 5.74. The maximum absolute atomic E-state index is 12.2. The number of amides is 2. The van der Waals surface area contributed by atoms with Gasteiger partial charge in [-0.1, -0.05) is 78.1 Å². The average molecular weight is 471 g/mol. The Kier molecular flexibility index (Phi) is 13.0. The van der Waals surface area contributed by atoms with Crippen LogP contribution >= 0.6 is 0 Å². The third-order valence-corrected chi connectivity index (χ3v) is 6.49.